The van der Waals surface area contributed by atoms with Crippen molar-refractivity contribution in [3.8, 4) is 0 Å². The van der Waals surface area contributed by atoms with E-state index in [1.807, 2.05) is 18.2 Å². The van der Waals surface area contributed by atoms with E-state index in [-0.39, 0.29) is 5.41 Å². The molecule has 0 spiro atoms. The second-order valence-corrected chi connectivity index (χ2v) is 5.79. The maximum Gasteiger partial charge on any atom is 0.0499 e. The fraction of sp³-hybridized carbons (Fsp3) is 0.529. The molecule has 1 saturated carbocycles. The number of nitrogens with one attached hydrogen (secondary N) is 1. The van der Waals surface area contributed by atoms with Crippen molar-refractivity contribution in [2.45, 2.75) is 32.1 Å². The number of benzene rings is 1. The number of hydrogen-bond donors (Lipinski definition) is 2. The van der Waals surface area contributed by atoms with Crippen LogP contribution in [0.2, 0.25) is 0 Å². The zero-order valence-corrected chi connectivity index (χ0v) is 11.7. The van der Waals surface area contributed by atoms with Gasteiger partial charge in [-0.25, -0.2) is 0 Å². The first-order chi connectivity index (χ1) is 9.26. The fourth-order valence-electron chi connectivity index (χ4n) is 2.95. The average molecular weight is 259 g/mol. The third-order valence-electron chi connectivity index (χ3n) is 4.27. The Morgan fingerprint density at radius 2 is 1.84 bits per heavy atom. The van der Waals surface area contributed by atoms with E-state index in [9.17, 15) is 5.11 Å². The van der Waals surface area contributed by atoms with Crippen molar-refractivity contribution >= 4 is 5.57 Å². The summed E-state index contributed by atoms with van der Waals surface area (Å²) in [5, 5.41) is 13.1. The first kappa shape index (κ1) is 14.3. The fourth-order valence-corrected chi connectivity index (χ4v) is 2.95. The lowest BCUT2D eigenvalue weighted by atomic mass is 9.74. The molecule has 0 atom stereocenters. The Bertz CT molecular complexity index is 393. The molecule has 1 fully saturated rings. The van der Waals surface area contributed by atoms with E-state index in [2.05, 4.69) is 24.0 Å². The molecule has 1 aliphatic rings. The van der Waals surface area contributed by atoms with Crippen molar-refractivity contribution in [1.82, 2.24) is 5.32 Å². The smallest absolute Gasteiger partial charge is 0.0499 e. The molecule has 104 valence electrons. The van der Waals surface area contributed by atoms with Gasteiger partial charge in [-0.1, -0.05) is 56.2 Å². The lowest BCUT2D eigenvalue weighted by Crippen LogP contribution is -2.39. The molecule has 2 N–H and O–H groups in total. The van der Waals surface area contributed by atoms with Gasteiger partial charge in [0.2, 0.25) is 0 Å². The number of aliphatic hydroxyl groups is 1. The average Bonchev–Trinajstić information content (AvgIpc) is 2.49. The van der Waals surface area contributed by atoms with Gasteiger partial charge < -0.3 is 10.4 Å². The Morgan fingerprint density at radius 3 is 2.47 bits per heavy atom. The summed E-state index contributed by atoms with van der Waals surface area (Å²) < 4.78 is 0. The predicted octanol–water partition coefficient (Wildman–Crippen LogP) is 3.23. The van der Waals surface area contributed by atoms with Crippen LogP contribution in [-0.4, -0.2) is 24.8 Å². The molecule has 2 nitrogen and oxygen atoms in total. The molecule has 0 aromatic heterocycles. The van der Waals surface area contributed by atoms with Gasteiger partial charge in [-0.15, -0.1) is 0 Å². The van der Waals surface area contributed by atoms with Gasteiger partial charge in [-0.05, 0) is 24.0 Å². The molecular formula is C17H25NO. The zero-order valence-electron chi connectivity index (χ0n) is 11.7. The van der Waals surface area contributed by atoms with Gasteiger partial charge in [0.15, 0.2) is 0 Å². The topological polar surface area (TPSA) is 32.3 Å². The summed E-state index contributed by atoms with van der Waals surface area (Å²) in [5.74, 6) is 0. The summed E-state index contributed by atoms with van der Waals surface area (Å²) >= 11 is 0. The molecule has 0 unspecified atom stereocenters. The summed E-state index contributed by atoms with van der Waals surface area (Å²) in [7, 11) is 0. The molecule has 0 heterocycles. The summed E-state index contributed by atoms with van der Waals surface area (Å²) in [6.07, 6.45) is 6.12. The van der Waals surface area contributed by atoms with Crippen LogP contribution in [0.25, 0.3) is 5.57 Å². The van der Waals surface area contributed by atoms with Crippen LogP contribution in [0, 0.1) is 5.41 Å². The highest BCUT2D eigenvalue weighted by molar-refractivity contribution is 5.64. The highest BCUT2D eigenvalue weighted by Crippen LogP contribution is 2.35. The van der Waals surface area contributed by atoms with Gasteiger partial charge in [0.25, 0.3) is 0 Å². The standard InChI is InChI=1S/C17H25NO/c1-15(16-8-4-2-5-9-16)12-18-13-17(14-19)10-6-3-7-11-17/h2,4-5,8-9,18-19H,1,3,6-7,10-14H2. The number of rotatable bonds is 6. The van der Waals surface area contributed by atoms with Crippen LogP contribution < -0.4 is 5.32 Å². The molecule has 0 bridgehead atoms. The van der Waals surface area contributed by atoms with Gasteiger partial charge in [-0.2, -0.15) is 0 Å². The summed E-state index contributed by atoms with van der Waals surface area (Å²) in [6.45, 7) is 6.13. The SMILES string of the molecule is C=C(CNCC1(CO)CCCCC1)c1ccccc1. The monoisotopic (exact) mass is 259 g/mol. The van der Waals surface area contributed by atoms with E-state index < -0.39 is 0 Å². The van der Waals surface area contributed by atoms with Crippen molar-refractivity contribution in [2.24, 2.45) is 5.41 Å². The largest absolute Gasteiger partial charge is 0.396 e. The number of aliphatic hydroxyl groups excluding tert-OH is 1. The second-order valence-electron chi connectivity index (χ2n) is 5.79. The minimum Gasteiger partial charge on any atom is -0.396 e. The lowest BCUT2D eigenvalue weighted by Gasteiger charge is -2.36. The van der Waals surface area contributed by atoms with Crippen LogP contribution in [0.3, 0.4) is 0 Å². The highest BCUT2D eigenvalue weighted by Gasteiger charge is 2.30. The van der Waals surface area contributed by atoms with Crippen LogP contribution in [-0.2, 0) is 0 Å². The molecule has 1 aliphatic carbocycles. The zero-order chi connectivity index (χ0) is 13.6. The molecule has 0 amide bonds. The molecule has 0 radical (unpaired) electrons. The van der Waals surface area contributed by atoms with Crippen molar-refractivity contribution in [1.29, 1.82) is 0 Å². The first-order valence-electron chi connectivity index (χ1n) is 7.31. The van der Waals surface area contributed by atoms with Crippen molar-refractivity contribution in [3.05, 3.63) is 42.5 Å². The van der Waals surface area contributed by atoms with Crippen LogP contribution >= 0.6 is 0 Å². The van der Waals surface area contributed by atoms with E-state index in [0.717, 1.165) is 31.5 Å². The lowest BCUT2D eigenvalue weighted by molar-refractivity contribution is 0.0825. The Kier molecular flexibility index (Phi) is 5.17. The van der Waals surface area contributed by atoms with E-state index in [1.165, 1.54) is 24.8 Å². The van der Waals surface area contributed by atoms with Crippen LogP contribution in [0.1, 0.15) is 37.7 Å². The summed E-state index contributed by atoms with van der Waals surface area (Å²) in [5.41, 5.74) is 2.41. The molecule has 0 aliphatic heterocycles. The Hall–Kier alpha value is -1.12. The highest BCUT2D eigenvalue weighted by atomic mass is 16.3. The summed E-state index contributed by atoms with van der Waals surface area (Å²) in [4.78, 5) is 0. The molecule has 1 aromatic rings. The third kappa shape index (κ3) is 3.92. The maximum absolute atomic E-state index is 9.66. The van der Waals surface area contributed by atoms with E-state index in [0.29, 0.717) is 6.61 Å². The molecule has 2 rings (SSSR count). The van der Waals surface area contributed by atoms with Gasteiger partial charge in [0, 0.05) is 25.1 Å². The van der Waals surface area contributed by atoms with Crippen LogP contribution in [0.15, 0.2) is 36.9 Å². The Labute approximate surface area is 116 Å². The predicted molar refractivity (Wildman–Crippen MR) is 80.9 cm³/mol. The molecule has 0 saturated heterocycles. The molecule has 19 heavy (non-hydrogen) atoms. The van der Waals surface area contributed by atoms with Crippen LogP contribution in [0.4, 0.5) is 0 Å². The molecule has 2 heteroatoms. The molecule has 1 aromatic carbocycles. The normalized spacial score (nSPS) is 18.2. The summed E-state index contributed by atoms with van der Waals surface area (Å²) in [6, 6.07) is 10.3. The Morgan fingerprint density at radius 1 is 1.16 bits per heavy atom. The number of hydrogen-bond acceptors (Lipinski definition) is 2. The first-order valence-corrected chi connectivity index (χ1v) is 7.31. The van der Waals surface area contributed by atoms with Crippen LogP contribution in [0.5, 0.6) is 0 Å². The maximum atomic E-state index is 9.66. The quantitative estimate of drug-likeness (QED) is 0.822. The molecular weight excluding hydrogens is 234 g/mol. The van der Waals surface area contributed by atoms with Gasteiger partial charge in [0.1, 0.15) is 0 Å². The van der Waals surface area contributed by atoms with Crippen molar-refractivity contribution < 1.29 is 5.11 Å². The Balaban J connectivity index is 1.81. The minimum atomic E-state index is 0.106. The van der Waals surface area contributed by atoms with Gasteiger partial charge in [-0.3, -0.25) is 0 Å². The van der Waals surface area contributed by atoms with E-state index in [1.54, 1.807) is 0 Å². The van der Waals surface area contributed by atoms with Crippen molar-refractivity contribution in [3.63, 3.8) is 0 Å². The third-order valence-corrected chi connectivity index (χ3v) is 4.27. The van der Waals surface area contributed by atoms with Crippen molar-refractivity contribution in [2.75, 3.05) is 19.7 Å². The van der Waals surface area contributed by atoms with E-state index >= 15 is 0 Å². The van der Waals surface area contributed by atoms with Gasteiger partial charge in [0.05, 0.1) is 0 Å². The van der Waals surface area contributed by atoms with Gasteiger partial charge >= 0.3 is 0 Å². The second kappa shape index (κ2) is 6.88. The minimum absolute atomic E-state index is 0.106. The van der Waals surface area contributed by atoms with E-state index in [4.69, 9.17) is 0 Å².